The van der Waals surface area contributed by atoms with Gasteiger partial charge in [0.2, 0.25) is 5.91 Å². The largest absolute Gasteiger partial charge is 0.393 e. The molecule has 7 nitrogen and oxygen atoms in total. The van der Waals surface area contributed by atoms with E-state index in [4.69, 9.17) is 0 Å². The second-order valence-corrected chi connectivity index (χ2v) is 8.12. The van der Waals surface area contributed by atoms with Crippen molar-refractivity contribution in [3.63, 3.8) is 0 Å². The number of pyridine rings is 1. The maximum absolute atomic E-state index is 13.2. The molecule has 2 aliphatic rings. The molecule has 7 heteroatoms. The number of amides is 2. The van der Waals surface area contributed by atoms with Crippen LogP contribution in [0.1, 0.15) is 46.8 Å². The van der Waals surface area contributed by atoms with Crippen molar-refractivity contribution in [2.24, 2.45) is 5.92 Å². The Morgan fingerprint density at radius 2 is 1.93 bits per heavy atom. The third kappa shape index (κ3) is 3.89. The summed E-state index contributed by atoms with van der Waals surface area (Å²) in [7, 11) is 0. The standard InChI is InChI=1S/C23H27N3O4/c1-2-24-21(28)20-19-8-9-25(22(29)16-10-18(27)11-16)13-17(19)14-26(23(20)30)12-15-6-4-3-5-7-15/h3-7,14,16,18,27H,2,8-13H2,1H3,(H,24,28). The van der Waals surface area contributed by atoms with E-state index >= 15 is 0 Å². The Bertz CT molecular complexity index is 1010. The Hall–Kier alpha value is -2.93. The van der Waals surface area contributed by atoms with E-state index in [0.29, 0.717) is 45.4 Å². The number of nitrogens with one attached hydrogen (secondary N) is 1. The Morgan fingerprint density at radius 3 is 2.60 bits per heavy atom. The molecule has 1 aromatic carbocycles. The smallest absolute Gasteiger partial charge is 0.264 e. The van der Waals surface area contributed by atoms with Crippen LogP contribution >= 0.6 is 0 Å². The minimum Gasteiger partial charge on any atom is -0.393 e. The number of aromatic nitrogens is 1. The van der Waals surface area contributed by atoms with Crippen LogP contribution in [0.2, 0.25) is 0 Å². The molecular formula is C23H27N3O4. The molecule has 1 fully saturated rings. The van der Waals surface area contributed by atoms with Gasteiger partial charge in [-0.3, -0.25) is 14.4 Å². The van der Waals surface area contributed by atoms with Crippen molar-refractivity contribution in [1.29, 1.82) is 0 Å². The topological polar surface area (TPSA) is 91.6 Å². The first-order valence-electron chi connectivity index (χ1n) is 10.5. The summed E-state index contributed by atoms with van der Waals surface area (Å²) in [5, 5.41) is 12.3. The van der Waals surface area contributed by atoms with E-state index < -0.39 is 0 Å². The van der Waals surface area contributed by atoms with E-state index in [0.717, 1.165) is 16.7 Å². The molecular weight excluding hydrogens is 382 g/mol. The molecule has 2 N–H and O–H groups in total. The van der Waals surface area contributed by atoms with Crippen molar-refractivity contribution in [3.05, 3.63) is 69.1 Å². The molecule has 1 aliphatic carbocycles. The number of rotatable bonds is 5. The number of aliphatic hydroxyl groups is 1. The number of hydrogen-bond donors (Lipinski definition) is 2. The molecule has 4 rings (SSSR count). The number of fused-ring (bicyclic) bond motifs is 1. The van der Waals surface area contributed by atoms with E-state index in [2.05, 4.69) is 5.32 Å². The minimum absolute atomic E-state index is 0.0475. The van der Waals surface area contributed by atoms with E-state index in [1.54, 1.807) is 15.7 Å². The molecule has 30 heavy (non-hydrogen) atoms. The molecule has 158 valence electrons. The van der Waals surface area contributed by atoms with Crippen molar-refractivity contribution < 1.29 is 14.7 Å². The first kappa shape index (κ1) is 20.3. The summed E-state index contributed by atoms with van der Waals surface area (Å²) >= 11 is 0. The van der Waals surface area contributed by atoms with Crippen LogP contribution in [0, 0.1) is 5.92 Å². The molecule has 0 atom stereocenters. The highest BCUT2D eigenvalue weighted by Crippen LogP contribution is 2.31. The van der Waals surface area contributed by atoms with E-state index in [1.807, 2.05) is 37.3 Å². The average Bonchev–Trinajstić information content (AvgIpc) is 2.72. The van der Waals surface area contributed by atoms with Crippen LogP contribution in [-0.2, 0) is 24.3 Å². The fraction of sp³-hybridized carbons (Fsp3) is 0.435. The van der Waals surface area contributed by atoms with Gasteiger partial charge < -0.3 is 19.9 Å². The second kappa shape index (κ2) is 8.44. The second-order valence-electron chi connectivity index (χ2n) is 8.12. The fourth-order valence-corrected chi connectivity index (χ4v) is 4.33. The molecule has 1 saturated carbocycles. The number of hydrogen-bond acceptors (Lipinski definition) is 4. The van der Waals surface area contributed by atoms with Crippen LogP contribution in [0.15, 0.2) is 41.3 Å². The molecule has 2 amide bonds. The van der Waals surface area contributed by atoms with Crippen molar-refractivity contribution in [3.8, 4) is 0 Å². The Morgan fingerprint density at radius 1 is 1.20 bits per heavy atom. The summed E-state index contributed by atoms with van der Waals surface area (Å²) in [5.41, 5.74) is 2.44. The summed E-state index contributed by atoms with van der Waals surface area (Å²) in [6.45, 7) is 3.48. The third-order valence-corrected chi connectivity index (χ3v) is 6.00. The van der Waals surface area contributed by atoms with Crippen LogP contribution < -0.4 is 10.9 Å². The third-order valence-electron chi connectivity index (χ3n) is 6.00. The number of aliphatic hydroxyl groups excluding tert-OH is 1. The van der Waals surface area contributed by atoms with Gasteiger partial charge in [0.25, 0.3) is 11.5 Å². The van der Waals surface area contributed by atoms with Crippen LogP contribution in [0.4, 0.5) is 0 Å². The van der Waals surface area contributed by atoms with Crippen molar-refractivity contribution in [2.45, 2.75) is 45.4 Å². The van der Waals surface area contributed by atoms with E-state index in [9.17, 15) is 19.5 Å². The minimum atomic E-state index is -0.378. The lowest BCUT2D eigenvalue weighted by Gasteiger charge is -2.37. The first-order valence-corrected chi connectivity index (χ1v) is 10.5. The first-order chi connectivity index (χ1) is 14.5. The highest BCUT2D eigenvalue weighted by atomic mass is 16.3. The lowest BCUT2D eigenvalue weighted by atomic mass is 9.81. The zero-order valence-electron chi connectivity index (χ0n) is 17.1. The molecule has 0 radical (unpaired) electrons. The summed E-state index contributed by atoms with van der Waals surface area (Å²) in [6.07, 6.45) is 2.92. The number of carbonyl (C=O) groups is 2. The number of benzene rings is 1. The van der Waals surface area contributed by atoms with Gasteiger partial charge >= 0.3 is 0 Å². The highest BCUT2D eigenvalue weighted by Gasteiger charge is 2.37. The Labute approximate surface area is 175 Å². The number of carbonyl (C=O) groups excluding carboxylic acids is 2. The van der Waals surface area contributed by atoms with Crippen LogP contribution in [0.5, 0.6) is 0 Å². The van der Waals surface area contributed by atoms with Crippen LogP contribution in [0.25, 0.3) is 0 Å². The normalized spacial score (nSPS) is 20.3. The molecule has 0 saturated heterocycles. The maximum Gasteiger partial charge on any atom is 0.264 e. The molecule has 0 bridgehead atoms. The van der Waals surface area contributed by atoms with Gasteiger partial charge in [0.15, 0.2) is 0 Å². The van der Waals surface area contributed by atoms with Gasteiger partial charge in [-0.15, -0.1) is 0 Å². The SMILES string of the molecule is CCNC(=O)c1c2c(cn(Cc3ccccc3)c1=O)CN(C(=O)C1CC(O)C1)CC2. The molecule has 2 heterocycles. The van der Waals surface area contributed by atoms with Gasteiger partial charge in [0.1, 0.15) is 5.56 Å². The van der Waals surface area contributed by atoms with Crippen LogP contribution in [-0.4, -0.2) is 45.6 Å². The van der Waals surface area contributed by atoms with E-state index in [1.165, 1.54) is 0 Å². The van der Waals surface area contributed by atoms with Gasteiger partial charge in [-0.25, -0.2) is 0 Å². The van der Waals surface area contributed by atoms with Crippen LogP contribution in [0.3, 0.4) is 0 Å². The molecule has 0 unspecified atom stereocenters. The van der Waals surface area contributed by atoms with Gasteiger partial charge in [-0.2, -0.15) is 0 Å². The van der Waals surface area contributed by atoms with E-state index in [-0.39, 0.29) is 35.0 Å². The van der Waals surface area contributed by atoms with Crippen molar-refractivity contribution >= 4 is 11.8 Å². The monoisotopic (exact) mass is 409 g/mol. The Balaban J connectivity index is 1.69. The van der Waals surface area contributed by atoms with Gasteiger partial charge in [-0.1, -0.05) is 30.3 Å². The summed E-state index contributed by atoms with van der Waals surface area (Å²) in [6, 6.07) is 9.62. The molecule has 1 aromatic heterocycles. The van der Waals surface area contributed by atoms with Gasteiger partial charge in [0, 0.05) is 31.7 Å². The highest BCUT2D eigenvalue weighted by molar-refractivity contribution is 5.95. The average molecular weight is 409 g/mol. The zero-order chi connectivity index (χ0) is 21.3. The predicted molar refractivity (Wildman–Crippen MR) is 112 cm³/mol. The van der Waals surface area contributed by atoms with Crippen molar-refractivity contribution in [1.82, 2.24) is 14.8 Å². The summed E-state index contributed by atoms with van der Waals surface area (Å²) in [4.78, 5) is 40.5. The summed E-state index contributed by atoms with van der Waals surface area (Å²) < 4.78 is 1.57. The van der Waals surface area contributed by atoms with Crippen molar-refractivity contribution in [2.75, 3.05) is 13.1 Å². The predicted octanol–water partition coefficient (Wildman–Crippen LogP) is 1.30. The van der Waals surface area contributed by atoms with Gasteiger partial charge in [0.05, 0.1) is 12.6 Å². The number of nitrogens with zero attached hydrogens (tertiary/aromatic N) is 2. The molecule has 2 aromatic rings. The maximum atomic E-state index is 13.2. The molecule has 1 aliphatic heterocycles. The zero-order valence-corrected chi connectivity index (χ0v) is 17.1. The van der Waals surface area contributed by atoms with Gasteiger partial charge in [-0.05, 0) is 42.9 Å². The lowest BCUT2D eigenvalue weighted by Crippen LogP contribution is -2.46. The quantitative estimate of drug-likeness (QED) is 0.779. The lowest BCUT2D eigenvalue weighted by molar-refractivity contribution is -0.143. The fourth-order valence-electron chi connectivity index (χ4n) is 4.33. The molecule has 0 spiro atoms. The summed E-state index contributed by atoms with van der Waals surface area (Å²) in [5.74, 6) is -0.436. The Kier molecular flexibility index (Phi) is 5.72.